The van der Waals surface area contributed by atoms with E-state index in [1.165, 1.54) is 5.69 Å². The van der Waals surface area contributed by atoms with Gasteiger partial charge in [0.1, 0.15) is 11.5 Å². The second-order valence-electron chi connectivity index (χ2n) is 12.8. The number of aliphatic imine (C=N–C) groups is 1. The third-order valence-corrected chi connectivity index (χ3v) is 8.53. The third-order valence-electron chi connectivity index (χ3n) is 8.53. The zero-order valence-corrected chi connectivity index (χ0v) is 25.9. The van der Waals surface area contributed by atoms with Gasteiger partial charge in [-0.15, -0.1) is 5.10 Å². The molecule has 2 saturated carbocycles. The van der Waals surface area contributed by atoms with E-state index in [2.05, 4.69) is 33.9 Å². The van der Waals surface area contributed by atoms with Gasteiger partial charge >= 0.3 is 0 Å². The summed E-state index contributed by atoms with van der Waals surface area (Å²) in [7, 11) is 5.63. The van der Waals surface area contributed by atoms with Crippen LogP contribution in [0.3, 0.4) is 0 Å². The van der Waals surface area contributed by atoms with Gasteiger partial charge in [0.15, 0.2) is 5.65 Å². The number of anilines is 1. The summed E-state index contributed by atoms with van der Waals surface area (Å²) in [6.07, 6.45) is 10.7. The number of nitrogen functional groups attached to an aromatic ring is 1. The van der Waals surface area contributed by atoms with E-state index in [4.69, 9.17) is 25.4 Å². The number of ether oxygens (including phenoxy) is 1. The maximum Gasteiger partial charge on any atom is 0.258 e. The van der Waals surface area contributed by atoms with Crippen molar-refractivity contribution >= 4 is 28.6 Å². The summed E-state index contributed by atoms with van der Waals surface area (Å²) >= 11 is 0. The van der Waals surface area contributed by atoms with Gasteiger partial charge in [0.2, 0.25) is 0 Å². The van der Waals surface area contributed by atoms with Crippen LogP contribution in [-0.4, -0.2) is 58.1 Å². The number of aliphatic hydroxyl groups is 1. The standard InChI is InChI=1S/C33H39N9O2/c1-33(2,43)13-14-42-18-26(32(39-42)44-5)35-16-24-22(7-6-8-25(24)34)28-29(20-11-12-20)41(4)31(37-28)23-15-21-17-40(3)38-30(21)36-27(23)19-9-10-19/h6-8,15-20,43H,9-14,34H2,1-5H3. The molecule has 0 unspecified atom stereocenters. The van der Waals surface area contributed by atoms with E-state index in [1.54, 1.807) is 31.9 Å². The molecule has 2 fully saturated rings. The van der Waals surface area contributed by atoms with Gasteiger partial charge in [-0.2, -0.15) is 5.10 Å². The normalized spacial score (nSPS) is 15.6. The first kappa shape index (κ1) is 28.3. The van der Waals surface area contributed by atoms with Crippen LogP contribution >= 0.6 is 0 Å². The van der Waals surface area contributed by atoms with Crippen LogP contribution in [-0.2, 0) is 20.6 Å². The minimum absolute atomic E-state index is 0.415. The van der Waals surface area contributed by atoms with Crippen molar-refractivity contribution in [1.29, 1.82) is 0 Å². The Morgan fingerprint density at radius 3 is 2.55 bits per heavy atom. The van der Waals surface area contributed by atoms with E-state index >= 15 is 0 Å². The summed E-state index contributed by atoms with van der Waals surface area (Å²) < 4.78 is 11.4. The lowest BCUT2D eigenvalue weighted by Crippen LogP contribution is -2.21. The number of aromatic nitrogens is 7. The minimum atomic E-state index is -0.796. The summed E-state index contributed by atoms with van der Waals surface area (Å²) in [6.45, 7) is 4.11. The molecule has 5 aromatic rings. The fourth-order valence-electron chi connectivity index (χ4n) is 5.91. The van der Waals surface area contributed by atoms with Crippen LogP contribution in [0.15, 0.2) is 41.7 Å². The number of rotatable bonds is 10. The molecule has 0 bridgehead atoms. The number of hydrogen-bond donors (Lipinski definition) is 2. The summed E-state index contributed by atoms with van der Waals surface area (Å²) in [5.74, 6) is 2.21. The van der Waals surface area contributed by atoms with Crippen molar-refractivity contribution in [2.75, 3.05) is 12.8 Å². The molecule has 44 heavy (non-hydrogen) atoms. The molecule has 0 spiro atoms. The Bertz CT molecular complexity index is 1900. The number of nitrogens with zero attached hydrogens (tertiary/aromatic N) is 8. The molecule has 0 amide bonds. The minimum Gasteiger partial charge on any atom is -0.478 e. The molecule has 228 valence electrons. The SMILES string of the molecule is COc1nn(CCC(C)(C)O)cc1N=Cc1c(N)cccc1-c1nc(-c2cc3cn(C)nc3nc2C2CC2)n(C)c1C1CC1. The van der Waals surface area contributed by atoms with E-state index in [-0.39, 0.29) is 0 Å². The number of nitrogens with two attached hydrogens (primary N) is 1. The van der Waals surface area contributed by atoms with Crippen LogP contribution < -0.4 is 10.5 Å². The monoisotopic (exact) mass is 593 g/mol. The number of fused-ring (bicyclic) bond motifs is 1. The molecule has 7 rings (SSSR count). The number of aryl methyl sites for hydroxylation is 2. The summed E-state index contributed by atoms with van der Waals surface area (Å²) in [6, 6.07) is 8.14. The highest BCUT2D eigenvalue weighted by molar-refractivity contribution is 5.97. The molecule has 0 saturated heterocycles. The quantitative estimate of drug-likeness (QED) is 0.162. The smallest absolute Gasteiger partial charge is 0.258 e. The van der Waals surface area contributed by atoms with Crippen molar-refractivity contribution in [3.63, 3.8) is 0 Å². The maximum absolute atomic E-state index is 10.2. The molecule has 0 aliphatic heterocycles. The lowest BCUT2D eigenvalue weighted by atomic mass is 10.0. The second-order valence-corrected chi connectivity index (χ2v) is 12.8. The van der Waals surface area contributed by atoms with Crippen molar-refractivity contribution in [2.24, 2.45) is 19.1 Å². The third kappa shape index (κ3) is 5.36. The van der Waals surface area contributed by atoms with Crippen LogP contribution in [0.25, 0.3) is 33.7 Å². The first-order valence-corrected chi connectivity index (χ1v) is 15.3. The predicted molar refractivity (Wildman–Crippen MR) is 171 cm³/mol. The predicted octanol–water partition coefficient (Wildman–Crippen LogP) is 5.49. The molecule has 2 aliphatic carbocycles. The fraction of sp³-hybridized carbons (Fsp3) is 0.424. The van der Waals surface area contributed by atoms with Crippen molar-refractivity contribution in [1.82, 2.24) is 34.1 Å². The van der Waals surface area contributed by atoms with Gasteiger partial charge in [0.25, 0.3) is 5.88 Å². The average molecular weight is 594 g/mol. The molecule has 11 heteroatoms. The average Bonchev–Trinajstić information content (AvgIpc) is 3.90. The van der Waals surface area contributed by atoms with Gasteiger partial charge in [-0.25, -0.2) is 15.0 Å². The van der Waals surface area contributed by atoms with Crippen molar-refractivity contribution in [2.45, 2.75) is 69.9 Å². The Morgan fingerprint density at radius 2 is 1.84 bits per heavy atom. The highest BCUT2D eigenvalue weighted by Gasteiger charge is 2.35. The van der Waals surface area contributed by atoms with Crippen LogP contribution in [0.2, 0.25) is 0 Å². The molecule has 4 heterocycles. The Morgan fingerprint density at radius 1 is 1.07 bits per heavy atom. The van der Waals surface area contributed by atoms with E-state index in [0.717, 1.165) is 70.6 Å². The van der Waals surface area contributed by atoms with Crippen LogP contribution in [0.1, 0.15) is 74.7 Å². The number of hydrogen-bond acceptors (Lipinski definition) is 8. The van der Waals surface area contributed by atoms with E-state index in [9.17, 15) is 5.11 Å². The molecule has 1 aromatic carbocycles. The van der Waals surface area contributed by atoms with Gasteiger partial charge in [-0.3, -0.25) is 9.36 Å². The topological polar surface area (TPSA) is 134 Å². The summed E-state index contributed by atoms with van der Waals surface area (Å²) in [4.78, 5) is 15.2. The van der Waals surface area contributed by atoms with E-state index in [0.29, 0.717) is 42.1 Å². The molecular formula is C33H39N9O2. The van der Waals surface area contributed by atoms with Gasteiger partial charge in [-0.05, 0) is 58.1 Å². The lowest BCUT2D eigenvalue weighted by molar-refractivity contribution is 0.0650. The zero-order chi connectivity index (χ0) is 30.7. The van der Waals surface area contributed by atoms with E-state index < -0.39 is 5.60 Å². The molecule has 2 aliphatic rings. The molecule has 11 nitrogen and oxygen atoms in total. The Hall–Kier alpha value is -4.51. The Kier molecular flexibility index (Phi) is 6.80. The molecule has 3 N–H and O–H groups in total. The number of imidazole rings is 1. The second kappa shape index (κ2) is 10.6. The lowest BCUT2D eigenvalue weighted by Gasteiger charge is -2.16. The Balaban J connectivity index is 1.32. The summed E-state index contributed by atoms with van der Waals surface area (Å²) in [5.41, 5.74) is 13.8. The number of methoxy groups -OCH3 is 1. The fourth-order valence-corrected chi connectivity index (χ4v) is 5.91. The summed E-state index contributed by atoms with van der Waals surface area (Å²) in [5, 5.41) is 20.2. The molecular weight excluding hydrogens is 554 g/mol. The Labute approximate surface area is 256 Å². The van der Waals surface area contributed by atoms with Crippen molar-refractivity contribution < 1.29 is 9.84 Å². The number of benzene rings is 1. The van der Waals surface area contributed by atoms with Crippen LogP contribution in [0.5, 0.6) is 5.88 Å². The van der Waals surface area contributed by atoms with Crippen molar-refractivity contribution in [3.8, 4) is 28.5 Å². The van der Waals surface area contributed by atoms with Gasteiger partial charge in [-0.1, -0.05) is 12.1 Å². The van der Waals surface area contributed by atoms with Crippen LogP contribution in [0, 0.1) is 0 Å². The maximum atomic E-state index is 10.2. The zero-order valence-electron chi connectivity index (χ0n) is 25.9. The first-order chi connectivity index (χ1) is 21.1. The molecule has 0 radical (unpaired) electrons. The van der Waals surface area contributed by atoms with Crippen LogP contribution in [0.4, 0.5) is 11.4 Å². The van der Waals surface area contributed by atoms with Crippen molar-refractivity contribution in [3.05, 3.63) is 53.6 Å². The highest BCUT2D eigenvalue weighted by atomic mass is 16.5. The van der Waals surface area contributed by atoms with Gasteiger partial charge < -0.3 is 20.1 Å². The van der Waals surface area contributed by atoms with Gasteiger partial charge in [0, 0.05) is 78.3 Å². The number of pyridine rings is 1. The highest BCUT2D eigenvalue weighted by Crippen LogP contribution is 2.49. The molecule has 0 atom stereocenters. The molecule has 4 aromatic heterocycles. The van der Waals surface area contributed by atoms with Gasteiger partial charge in [0.05, 0.1) is 30.3 Å². The largest absolute Gasteiger partial charge is 0.478 e. The first-order valence-electron chi connectivity index (χ1n) is 15.3. The van der Waals surface area contributed by atoms with E-state index in [1.807, 2.05) is 36.3 Å².